The lowest BCUT2D eigenvalue weighted by molar-refractivity contribution is 0.855. The summed E-state index contributed by atoms with van der Waals surface area (Å²) in [4.78, 5) is 23.4. The highest BCUT2D eigenvalue weighted by Gasteiger charge is 2.24. The molecular weight excluding hydrogens is 374 g/mol. The van der Waals surface area contributed by atoms with Crippen LogP contribution in [0.15, 0.2) is 36.1 Å². The van der Waals surface area contributed by atoms with Crippen molar-refractivity contribution in [1.29, 1.82) is 0 Å². The van der Waals surface area contributed by atoms with Crippen molar-refractivity contribution in [1.82, 2.24) is 19.9 Å². The third-order valence-electron chi connectivity index (χ3n) is 4.97. The molecule has 0 amide bonds. The fourth-order valence-electron chi connectivity index (χ4n) is 3.62. The average molecular weight is 394 g/mol. The zero-order chi connectivity index (χ0) is 18.2. The number of hydrogen-bond donors (Lipinski definition) is 0. The van der Waals surface area contributed by atoms with Gasteiger partial charge >= 0.3 is 0 Å². The summed E-state index contributed by atoms with van der Waals surface area (Å²) in [5, 5.41) is 4.45. The molecule has 4 heterocycles. The SMILES string of the molecule is CN(CCc1nccs1)c1nc(-c2cccnc2)nc2sc3c(c12)CCC3. The lowest BCUT2D eigenvalue weighted by Gasteiger charge is -2.20. The Hall–Kier alpha value is -2.38. The van der Waals surface area contributed by atoms with Gasteiger partial charge in [0.25, 0.3) is 0 Å². The molecule has 1 aliphatic carbocycles. The van der Waals surface area contributed by atoms with Crippen LogP contribution in [-0.4, -0.2) is 33.5 Å². The van der Waals surface area contributed by atoms with E-state index in [0.717, 1.165) is 46.4 Å². The van der Waals surface area contributed by atoms with Gasteiger partial charge in [-0.05, 0) is 37.0 Å². The van der Waals surface area contributed by atoms with Gasteiger partial charge < -0.3 is 4.90 Å². The van der Waals surface area contributed by atoms with Gasteiger partial charge in [-0.2, -0.15) is 0 Å². The Kier molecular flexibility index (Phi) is 4.33. The third kappa shape index (κ3) is 3.11. The lowest BCUT2D eigenvalue weighted by Crippen LogP contribution is -2.22. The molecule has 7 heteroatoms. The van der Waals surface area contributed by atoms with Crippen LogP contribution in [-0.2, 0) is 19.3 Å². The van der Waals surface area contributed by atoms with Crippen LogP contribution in [0.1, 0.15) is 21.9 Å². The van der Waals surface area contributed by atoms with E-state index in [9.17, 15) is 0 Å². The van der Waals surface area contributed by atoms with Crippen LogP contribution in [0, 0.1) is 0 Å². The molecule has 0 saturated heterocycles. The van der Waals surface area contributed by atoms with Crippen molar-refractivity contribution < 1.29 is 0 Å². The van der Waals surface area contributed by atoms with E-state index in [-0.39, 0.29) is 0 Å². The highest BCUT2D eigenvalue weighted by Crippen LogP contribution is 2.41. The van der Waals surface area contributed by atoms with Crippen molar-refractivity contribution in [2.24, 2.45) is 0 Å². The zero-order valence-corrected chi connectivity index (χ0v) is 16.7. The molecule has 4 aromatic heterocycles. The second-order valence-electron chi connectivity index (χ2n) is 6.75. The lowest BCUT2D eigenvalue weighted by atomic mass is 10.1. The summed E-state index contributed by atoms with van der Waals surface area (Å²) < 4.78 is 0. The summed E-state index contributed by atoms with van der Waals surface area (Å²) in [6.07, 6.45) is 9.96. The molecule has 0 unspecified atom stereocenters. The Morgan fingerprint density at radius 1 is 1.19 bits per heavy atom. The molecule has 0 atom stereocenters. The number of hydrogen-bond acceptors (Lipinski definition) is 7. The number of aryl methyl sites for hydroxylation is 2. The Morgan fingerprint density at radius 3 is 2.96 bits per heavy atom. The van der Waals surface area contributed by atoms with Gasteiger partial charge in [0, 0.05) is 54.4 Å². The second kappa shape index (κ2) is 6.98. The van der Waals surface area contributed by atoms with E-state index >= 15 is 0 Å². The first-order valence-electron chi connectivity index (χ1n) is 9.12. The van der Waals surface area contributed by atoms with Gasteiger partial charge in [0.2, 0.25) is 0 Å². The second-order valence-corrected chi connectivity index (χ2v) is 8.81. The summed E-state index contributed by atoms with van der Waals surface area (Å²) in [5.74, 6) is 1.79. The number of anilines is 1. The Labute approximate surface area is 165 Å². The first-order valence-corrected chi connectivity index (χ1v) is 10.8. The van der Waals surface area contributed by atoms with E-state index in [4.69, 9.17) is 9.97 Å². The van der Waals surface area contributed by atoms with E-state index in [0.29, 0.717) is 0 Å². The molecule has 0 spiro atoms. The third-order valence-corrected chi connectivity index (χ3v) is 7.00. The van der Waals surface area contributed by atoms with Crippen LogP contribution in [0.3, 0.4) is 0 Å². The molecule has 0 bridgehead atoms. The standard InChI is InChI=1S/C20H19N5S2/c1-25(10-7-16-22-9-11-26-16)19-17-14-5-2-6-15(14)27-20(17)24-18(23-19)13-4-3-8-21-12-13/h3-4,8-9,11-12H,2,5-7,10H2,1H3. The van der Waals surface area contributed by atoms with Gasteiger partial charge in [0.15, 0.2) is 5.82 Å². The molecule has 0 aromatic carbocycles. The van der Waals surface area contributed by atoms with E-state index < -0.39 is 0 Å². The predicted octanol–water partition coefficient (Wildman–Crippen LogP) is 4.38. The van der Waals surface area contributed by atoms with Crippen molar-refractivity contribution in [2.45, 2.75) is 25.7 Å². The van der Waals surface area contributed by atoms with E-state index in [1.165, 1.54) is 28.7 Å². The number of pyridine rings is 1. The van der Waals surface area contributed by atoms with Crippen molar-refractivity contribution >= 4 is 38.7 Å². The quantitative estimate of drug-likeness (QED) is 0.504. The van der Waals surface area contributed by atoms with Crippen LogP contribution in [0.5, 0.6) is 0 Å². The molecule has 4 aromatic rings. The van der Waals surface area contributed by atoms with Crippen LogP contribution >= 0.6 is 22.7 Å². The largest absolute Gasteiger partial charge is 0.359 e. The van der Waals surface area contributed by atoms with Crippen molar-refractivity contribution in [3.63, 3.8) is 0 Å². The van der Waals surface area contributed by atoms with Gasteiger partial charge in [-0.15, -0.1) is 22.7 Å². The number of aromatic nitrogens is 4. The Morgan fingerprint density at radius 2 is 2.15 bits per heavy atom. The number of rotatable bonds is 5. The normalized spacial score (nSPS) is 13.2. The molecule has 0 radical (unpaired) electrons. The minimum atomic E-state index is 0.756. The van der Waals surface area contributed by atoms with Crippen molar-refractivity contribution in [3.8, 4) is 11.4 Å². The number of thiophene rings is 1. The summed E-state index contributed by atoms with van der Waals surface area (Å²) in [6.45, 7) is 0.886. The summed E-state index contributed by atoms with van der Waals surface area (Å²) in [6, 6.07) is 3.96. The van der Waals surface area contributed by atoms with Gasteiger partial charge in [0.05, 0.1) is 10.4 Å². The number of fused-ring (bicyclic) bond motifs is 3. The summed E-state index contributed by atoms with van der Waals surface area (Å²) in [7, 11) is 2.13. The number of nitrogens with zero attached hydrogens (tertiary/aromatic N) is 5. The Balaban J connectivity index is 1.59. The minimum absolute atomic E-state index is 0.756. The molecule has 136 valence electrons. The van der Waals surface area contributed by atoms with Crippen LogP contribution in [0.4, 0.5) is 5.82 Å². The molecule has 1 aliphatic rings. The highest BCUT2D eigenvalue weighted by atomic mass is 32.1. The number of thiazole rings is 1. The molecule has 5 rings (SSSR count). The topological polar surface area (TPSA) is 54.8 Å². The first-order chi connectivity index (χ1) is 13.3. The van der Waals surface area contributed by atoms with E-state index in [1.54, 1.807) is 17.5 Å². The Bertz CT molecular complexity index is 1070. The highest BCUT2D eigenvalue weighted by molar-refractivity contribution is 7.19. The molecule has 0 saturated carbocycles. The summed E-state index contributed by atoms with van der Waals surface area (Å²) in [5.41, 5.74) is 2.42. The van der Waals surface area contributed by atoms with E-state index in [2.05, 4.69) is 21.9 Å². The van der Waals surface area contributed by atoms with Crippen LogP contribution < -0.4 is 4.90 Å². The van der Waals surface area contributed by atoms with Crippen LogP contribution in [0.25, 0.3) is 21.6 Å². The minimum Gasteiger partial charge on any atom is -0.359 e. The average Bonchev–Trinajstić information content (AvgIpc) is 3.43. The molecule has 5 nitrogen and oxygen atoms in total. The molecule has 0 N–H and O–H groups in total. The maximum atomic E-state index is 4.99. The molecule has 27 heavy (non-hydrogen) atoms. The van der Waals surface area contributed by atoms with Gasteiger partial charge in [-0.1, -0.05) is 0 Å². The van der Waals surface area contributed by atoms with Crippen molar-refractivity contribution in [2.75, 3.05) is 18.5 Å². The van der Waals surface area contributed by atoms with Gasteiger partial charge in [-0.25, -0.2) is 15.0 Å². The van der Waals surface area contributed by atoms with Gasteiger partial charge in [0.1, 0.15) is 10.6 Å². The molecule has 0 fully saturated rings. The van der Waals surface area contributed by atoms with Crippen molar-refractivity contribution in [3.05, 3.63) is 51.6 Å². The monoisotopic (exact) mass is 393 g/mol. The van der Waals surface area contributed by atoms with Crippen LogP contribution in [0.2, 0.25) is 0 Å². The maximum absolute atomic E-state index is 4.99. The maximum Gasteiger partial charge on any atom is 0.164 e. The first kappa shape index (κ1) is 16.8. The number of likely N-dealkylation sites (N-methyl/N-ethyl adjacent to an activating group) is 1. The smallest absolute Gasteiger partial charge is 0.164 e. The fraction of sp³-hybridized carbons (Fsp3) is 0.300. The fourth-order valence-corrected chi connectivity index (χ4v) is 5.49. The zero-order valence-electron chi connectivity index (χ0n) is 15.1. The van der Waals surface area contributed by atoms with E-state index in [1.807, 2.05) is 41.2 Å². The summed E-state index contributed by atoms with van der Waals surface area (Å²) >= 11 is 3.54. The predicted molar refractivity (Wildman–Crippen MR) is 112 cm³/mol. The molecule has 0 aliphatic heterocycles. The molecular formula is C20H19N5S2. The van der Waals surface area contributed by atoms with Gasteiger partial charge in [-0.3, -0.25) is 4.98 Å².